The van der Waals surface area contributed by atoms with Crippen molar-refractivity contribution in [1.82, 2.24) is 4.90 Å². The normalized spacial score (nSPS) is 18.0. The Morgan fingerprint density at radius 3 is 2.33 bits per heavy atom. The highest BCUT2D eigenvalue weighted by Gasteiger charge is 2.30. The summed E-state index contributed by atoms with van der Waals surface area (Å²) in [5, 5.41) is 3.39. The Hall–Kier alpha value is -1.35. The van der Waals surface area contributed by atoms with Crippen molar-refractivity contribution in [2.24, 2.45) is 0 Å². The van der Waals surface area contributed by atoms with E-state index in [0.717, 1.165) is 0 Å². The molecule has 1 aromatic carbocycles. The predicted octanol–water partition coefficient (Wildman–Crippen LogP) is 4.14. The van der Waals surface area contributed by atoms with Gasteiger partial charge in [0.15, 0.2) is 0 Å². The van der Waals surface area contributed by atoms with Crippen molar-refractivity contribution in [3.63, 3.8) is 0 Å². The molecule has 0 unspecified atom stereocenters. The zero-order valence-corrected chi connectivity index (χ0v) is 11.9. The molecule has 0 aliphatic carbocycles. The van der Waals surface area contributed by atoms with Gasteiger partial charge in [0.1, 0.15) is 0 Å². The van der Waals surface area contributed by atoms with E-state index in [2.05, 4.69) is 67.9 Å². The first-order valence-electron chi connectivity index (χ1n) is 6.05. The molecule has 1 aromatic rings. The van der Waals surface area contributed by atoms with E-state index >= 15 is 0 Å². The molecular weight excluding hydrogens is 240 g/mol. The number of nitrogens with zero attached hydrogens (tertiary/aromatic N) is 2. The predicted molar refractivity (Wildman–Crippen MR) is 77.6 cm³/mol. The number of aryl methyl sites for hydroxylation is 3. The second kappa shape index (κ2) is 4.09. The van der Waals surface area contributed by atoms with Crippen LogP contribution in [-0.2, 0) is 0 Å². The number of rotatable bonds is 1. The average molecular weight is 256 g/mol. The molecule has 0 aromatic heterocycles. The summed E-state index contributed by atoms with van der Waals surface area (Å²) in [7, 11) is 0. The maximum Gasteiger partial charge on any atom is 0.218 e. The van der Waals surface area contributed by atoms with E-state index in [1.54, 1.807) is 11.8 Å². The molecule has 92 valence electrons. The van der Waals surface area contributed by atoms with Crippen molar-refractivity contribution < 1.29 is 0 Å². The molecule has 0 amide bonds. The largest absolute Gasteiger partial charge is 0.313 e. The van der Waals surface area contributed by atoms with Crippen molar-refractivity contribution in [3.05, 3.63) is 57.8 Å². The summed E-state index contributed by atoms with van der Waals surface area (Å²) >= 11 is 1.76. The lowest BCUT2D eigenvalue weighted by atomic mass is 10.0. The van der Waals surface area contributed by atoms with Gasteiger partial charge in [-0.15, -0.1) is 0 Å². The lowest BCUT2D eigenvalue weighted by molar-refractivity contribution is 0.578. The van der Waals surface area contributed by atoms with E-state index in [0.29, 0.717) is 0 Å². The lowest BCUT2D eigenvalue weighted by Crippen LogP contribution is -2.18. The third-order valence-corrected chi connectivity index (χ3v) is 4.24. The summed E-state index contributed by atoms with van der Waals surface area (Å²) in [5.41, 5.74) is 6.38. The highest BCUT2D eigenvalue weighted by Crippen LogP contribution is 2.42. The maximum atomic E-state index is 3.41. The number of anilines is 1. The van der Waals surface area contributed by atoms with Gasteiger partial charge in [0.2, 0.25) is 6.67 Å². The number of benzene rings is 1. The highest BCUT2D eigenvalue weighted by atomic mass is 32.2. The lowest BCUT2D eigenvalue weighted by Gasteiger charge is -2.22. The van der Waals surface area contributed by atoms with Gasteiger partial charge in [0, 0.05) is 17.6 Å². The molecule has 2 nitrogen and oxygen atoms in total. The first-order valence-corrected chi connectivity index (χ1v) is 6.93. The fraction of sp³-hybridized carbons (Fsp3) is 0.267. The molecular formula is C15H16N2S. The van der Waals surface area contributed by atoms with Crippen molar-refractivity contribution >= 4 is 17.4 Å². The van der Waals surface area contributed by atoms with Crippen molar-refractivity contribution in [2.75, 3.05) is 4.90 Å². The molecule has 2 radical (unpaired) electrons. The van der Waals surface area contributed by atoms with Crippen LogP contribution in [-0.4, -0.2) is 4.90 Å². The van der Waals surface area contributed by atoms with Gasteiger partial charge in [-0.25, -0.2) is 0 Å². The Kier molecular flexibility index (Phi) is 2.67. The number of thioether (sulfide) groups is 1. The third kappa shape index (κ3) is 1.74. The molecule has 3 rings (SSSR count). The van der Waals surface area contributed by atoms with Crippen LogP contribution in [0.4, 0.5) is 5.69 Å². The standard InChI is InChI=1S/C15H16N2S/c1-10-5-11(2)15(12(3)6-10)16-7-14-17(9-16)13(4)8-18-14/h5-8H,1-4H3. The molecule has 0 saturated carbocycles. The molecule has 0 spiro atoms. The van der Waals surface area contributed by atoms with Crippen molar-refractivity contribution in [2.45, 2.75) is 27.7 Å². The maximum absolute atomic E-state index is 3.41. The summed E-state index contributed by atoms with van der Waals surface area (Å²) in [5.74, 6) is 0. The minimum atomic E-state index is 1.23. The fourth-order valence-corrected chi connectivity index (χ4v) is 3.41. The first kappa shape index (κ1) is 11.7. The first-order chi connectivity index (χ1) is 8.56. The number of fused-ring (bicyclic) bond motifs is 1. The second-order valence-corrected chi connectivity index (χ2v) is 5.79. The number of hydrogen-bond donors (Lipinski definition) is 0. The molecule has 2 aliphatic rings. The van der Waals surface area contributed by atoms with Gasteiger partial charge in [-0.2, -0.15) is 0 Å². The molecule has 0 fully saturated rings. The molecule has 0 N–H and O–H groups in total. The third-order valence-electron chi connectivity index (χ3n) is 3.25. The number of allylic oxidation sites excluding steroid dienone is 1. The van der Waals surface area contributed by atoms with Gasteiger partial charge in [-0.05, 0) is 44.2 Å². The molecule has 0 bridgehead atoms. The van der Waals surface area contributed by atoms with Crippen molar-refractivity contribution in [3.8, 4) is 0 Å². The SMILES string of the molecule is CC1=CSC2=CN(c3c(C)cc(C)cc3C)[C]N12. The van der Waals surface area contributed by atoms with Crippen LogP contribution in [0.2, 0.25) is 0 Å². The van der Waals surface area contributed by atoms with Gasteiger partial charge in [0.05, 0.1) is 5.03 Å². The van der Waals surface area contributed by atoms with Gasteiger partial charge < -0.3 is 9.80 Å². The molecule has 3 heteroatoms. The Bertz CT molecular complexity index is 549. The van der Waals surface area contributed by atoms with Crippen LogP contribution < -0.4 is 4.90 Å². The van der Waals surface area contributed by atoms with E-state index in [1.807, 2.05) is 0 Å². The van der Waals surface area contributed by atoms with Crippen LogP contribution in [0, 0.1) is 27.4 Å². The van der Waals surface area contributed by atoms with Crippen LogP contribution in [0.3, 0.4) is 0 Å². The summed E-state index contributed by atoms with van der Waals surface area (Å²) in [6.45, 7) is 12.0. The smallest absolute Gasteiger partial charge is 0.218 e. The van der Waals surface area contributed by atoms with E-state index < -0.39 is 0 Å². The van der Waals surface area contributed by atoms with Gasteiger partial charge in [0.25, 0.3) is 0 Å². The van der Waals surface area contributed by atoms with Crippen LogP contribution in [0.15, 0.2) is 34.5 Å². The van der Waals surface area contributed by atoms with Crippen LogP contribution >= 0.6 is 11.8 Å². The van der Waals surface area contributed by atoms with E-state index in [1.165, 1.54) is 33.1 Å². The topological polar surface area (TPSA) is 6.48 Å². The van der Waals surface area contributed by atoms with E-state index in [-0.39, 0.29) is 0 Å². The second-order valence-electron chi connectivity index (χ2n) is 4.90. The van der Waals surface area contributed by atoms with E-state index in [4.69, 9.17) is 0 Å². The fourth-order valence-electron chi connectivity index (χ4n) is 2.56. The highest BCUT2D eigenvalue weighted by molar-refractivity contribution is 8.06. The monoisotopic (exact) mass is 256 g/mol. The zero-order chi connectivity index (χ0) is 12.9. The Morgan fingerprint density at radius 2 is 1.72 bits per heavy atom. The number of hydrogen-bond acceptors (Lipinski definition) is 3. The van der Waals surface area contributed by atoms with Crippen LogP contribution in [0.5, 0.6) is 0 Å². The van der Waals surface area contributed by atoms with Crippen molar-refractivity contribution in [1.29, 1.82) is 0 Å². The van der Waals surface area contributed by atoms with Gasteiger partial charge in [-0.3, -0.25) is 0 Å². The van der Waals surface area contributed by atoms with Crippen LogP contribution in [0.1, 0.15) is 23.6 Å². The van der Waals surface area contributed by atoms with Gasteiger partial charge in [-0.1, -0.05) is 29.5 Å². The van der Waals surface area contributed by atoms with E-state index in [9.17, 15) is 0 Å². The summed E-state index contributed by atoms with van der Waals surface area (Å²) in [6.07, 6.45) is 2.16. The quantitative estimate of drug-likeness (QED) is 0.745. The van der Waals surface area contributed by atoms with Gasteiger partial charge >= 0.3 is 0 Å². The minimum absolute atomic E-state index is 1.23. The molecule has 0 atom stereocenters. The Balaban J connectivity index is 1.97. The molecule has 2 heterocycles. The zero-order valence-electron chi connectivity index (χ0n) is 11.1. The van der Waals surface area contributed by atoms with Crippen LogP contribution in [0.25, 0.3) is 0 Å². The average Bonchev–Trinajstić information content (AvgIpc) is 2.80. The summed E-state index contributed by atoms with van der Waals surface area (Å²) in [4.78, 5) is 4.23. The molecule has 0 saturated heterocycles. The Labute approximate surface area is 113 Å². The summed E-state index contributed by atoms with van der Waals surface area (Å²) < 4.78 is 0. The summed E-state index contributed by atoms with van der Waals surface area (Å²) in [6, 6.07) is 4.45. The minimum Gasteiger partial charge on any atom is -0.313 e. The molecule has 18 heavy (non-hydrogen) atoms. The Morgan fingerprint density at radius 1 is 1.06 bits per heavy atom. The molecule has 2 aliphatic heterocycles.